The van der Waals surface area contributed by atoms with Crippen molar-refractivity contribution in [3.05, 3.63) is 93.6 Å². The zero-order valence-electron chi connectivity index (χ0n) is 17.1. The van der Waals surface area contributed by atoms with E-state index in [4.69, 9.17) is 0 Å². The molecule has 1 aliphatic carbocycles. The highest BCUT2D eigenvalue weighted by Crippen LogP contribution is 2.44. The third-order valence-corrected chi connectivity index (χ3v) is 6.16. The van der Waals surface area contributed by atoms with Gasteiger partial charge in [-0.2, -0.15) is 5.10 Å². The molecule has 2 heterocycles. The number of rotatable bonds is 3. The van der Waals surface area contributed by atoms with E-state index in [2.05, 4.69) is 10.2 Å². The van der Waals surface area contributed by atoms with Crippen LogP contribution in [0.3, 0.4) is 0 Å². The number of nitrogens with zero attached hydrogens (tertiary/aromatic N) is 2. The van der Waals surface area contributed by atoms with E-state index in [1.807, 2.05) is 6.08 Å². The van der Waals surface area contributed by atoms with E-state index in [9.17, 15) is 23.5 Å². The summed E-state index contributed by atoms with van der Waals surface area (Å²) in [5.41, 5.74) is -0.446. The largest absolute Gasteiger partial charge is 0.380 e. The van der Waals surface area contributed by atoms with Gasteiger partial charge in [-0.05, 0) is 55.3 Å². The van der Waals surface area contributed by atoms with Crippen LogP contribution in [0.2, 0.25) is 0 Å². The minimum atomic E-state index is -1.64. The van der Waals surface area contributed by atoms with Gasteiger partial charge in [0.15, 0.2) is 0 Å². The van der Waals surface area contributed by atoms with Gasteiger partial charge in [0.05, 0.1) is 16.8 Å². The minimum Gasteiger partial charge on any atom is -0.380 e. The van der Waals surface area contributed by atoms with Gasteiger partial charge in [0.1, 0.15) is 17.2 Å². The van der Waals surface area contributed by atoms with Crippen LogP contribution >= 0.6 is 0 Å². The van der Waals surface area contributed by atoms with Gasteiger partial charge in [0.25, 0.3) is 11.5 Å². The summed E-state index contributed by atoms with van der Waals surface area (Å²) in [7, 11) is 0. The number of fused-ring (bicyclic) bond motifs is 2. The maximum absolute atomic E-state index is 14.9. The van der Waals surface area contributed by atoms with Crippen LogP contribution < -0.4 is 10.5 Å². The lowest BCUT2D eigenvalue weighted by Crippen LogP contribution is -2.40. The van der Waals surface area contributed by atoms with E-state index in [1.165, 1.54) is 36.1 Å². The Balaban J connectivity index is 1.58. The molecule has 2 aromatic carbocycles. The van der Waals surface area contributed by atoms with Crippen molar-refractivity contribution in [2.75, 3.05) is 4.90 Å². The topological polar surface area (TPSA) is 86.3 Å². The first-order valence-corrected chi connectivity index (χ1v) is 10.2. The van der Waals surface area contributed by atoms with Crippen LogP contribution in [0.5, 0.6) is 0 Å². The molecule has 6 nitrogen and oxygen atoms in total. The second-order valence-electron chi connectivity index (χ2n) is 8.25. The van der Waals surface area contributed by atoms with Crippen molar-refractivity contribution in [2.24, 2.45) is 5.92 Å². The first kappa shape index (κ1) is 20.3. The Morgan fingerprint density at radius 2 is 2.00 bits per heavy atom. The van der Waals surface area contributed by atoms with Gasteiger partial charge < -0.3 is 5.11 Å². The fourth-order valence-corrected chi connectivity index (χ4v) is 4.47. The summed E-state index contributed by atoms with van der Waals surface area (Å²) in [6, 6.07) is 8.23. The van der Waals surface area contributed by atoms with Crippen LogP contribution in [0.15, 0.2) is 65.1 Å². The summed E-state index contributed by atoms with van der Waals surface area (Å²) in [5, 5.41) is 17.9. The number of aromatic nitrogens is 2. The predicted octanol–water partition coefficient (Wildman–Crippen LogP) is 3.35. The number of aliphatic hydroxyl groups is 1. The maximum Gasteiger partial charge on any atom is 0.272 e. The summed E-state index contributed by atoms with van der Waals surface area (Å²) < 4.78 is 28.5. The molecule has 2 N–H and O–H groups in total. The van der Waals surface area contributed by atoms with Crippen molar-refractivity contribution >= 4 is 22.4 Å². The van der Waals surface area contributed by atoms with Crippen molar-refractivity contribution in [3.63, 3.8) is 0 Å². The molecule has 2 atom stereocenters. The molecule has 2 aliphatic rings. The number of aromatic amines is 1. The average molecular weight is 435 g/mol. The highest BCUT2D eigenvalue weighted by Gasteiger charge is 2.53. The first-order valence-electron chi connectivity index (χ1n) is 10.2. The summed E-state index contributed by atoms with van der Waals surface area (Å²) in [5.74, 6) is -2.18. The Morgan fingerprint density at radius 3 is 2.81 bits per heavy atom. The Labute approximate surface area is 181 Å². The number of hydrogen-bond donors (Lipinski definition) is 2. The number of carbonyl (C=O) groups is 1. The van der Waals surface area contributed by atoms with E-state index < -0.39 is 34.6 Å². The molecule has 3 aromatic rings. The van der Waals surface area contributed by atoms with E-state index in [0.29, 0.717) is 28.8 Å². The number of carbonyl (C=O) groups excluding carboxylic acids is 1. The molecule has 1 aromatic heterocycles. The van der Waals surface area contributed by atoms with Crippen LogP contribution in [-0.4, -0.2) is 26.8 Å². The van der Waals surface area contributed by atoms with Crippen molar-refractivity contribution < 1.29 is 18.7 Å². The van der Waals surface area contributed by atoms with Crippen LogP contribution in [-0.2, 0) is 11.2 Å². The smallest absolute Gasteiger partial charge is 0.272 e. The number of anilines is 1. The van der Waals surface area contributed by atoms with Crippen molar-refractivity contribution in [2.45, 2.75) is 25.4 Å². The van der Waals surface area contributed by atoms with Gasteiger partial charge in [-0.25, -0.2) is 13.9 Å². The number of amides is 1. The number of benzene rings is 2. The predicted molar refractivity (Wildman–Crippen MR) is 115 cm³/mol. The number of H-pyrrole nitrogens is 1. The number of allylic oxidation sites excluding steroid dienone is 3. The molecule has 0 saturated carbocycles. The average Bonchev–Trinajstić information content (AvgIpc) is 2.97. The van der Waals surface area contributed by atoms with E-state index in [1.54, 1.807) is 18.2 Å². The Bertz CT molecular complexity index is 1390. The van der Waals surface area contributed by atoms with Gasteiger partial charge in [0, 0.05) is 23.4 Å². The van der Waals surface area contributed by atoms with E-state index in [0.717, 1.165) is 6.07 Å². The Hall–Kier alpha value is -3.65. The number of nitrogens with one attached hydrogen (secondary N) is 1. The molecule has 1 fully saturated rings. The molecule has 1 saturated heterocycles. The fourth-order valence-electron chi connectivity index (χ4n) is 4.47. The summed E-state index contributed by atoms with van der Waals surface area (Å²) in [6.07, 6.45) is 6.05. The van der Waals surface area contributed by atoms with Crippen LogP contribution in [0.1, 0.15) is 24.6 Å². The summed E-state index contributed by atoms with van der Waals surface area (Å²) in [6.45, 7) is 1.45. The van der Waals surface area contributed by atoms with E-state index in [-0.39, 0.29) is 17.5 Å². The molecule has 32 heavy (non-hydrogen) atoms. The third-order valence-electron chi connectivity index (χ3n) is 6.16. The van der Waals surface area contributed by atoms with Gasteiger partial charge >= 0.3 is 0 Å². The highest BCUT2D eigenvalue weighted by atomic mass is 19.1. The highest BCUT2D eigenvalue weighted by molar-refractivity contribution is 6.06. The summed E-state index contributed by atoms with van der Waals surface area (Å²) >= 11 is 0. The minimum absolute atomic E-state index is 0.0385. The lowest BCUT2D eigenvalue weighted by Gasteiger charge is -2.23. The fraction of sp³-hybridized carbons (Fsp3) is 0.208. The molecule has 2 unspecified atom stereocenters. The Morgan fingerprint density at radius 1 is 1.19 bits per heavy atom. The van der Waals surface area contributed by atoms with Gasteiger partial charge in [-0.1, -0.05) is 18.2 Å². The van der Waals surface area contributed by atoms with Gasteiger partial charge in [-0.15, -0.1) is 0 Å². The monoisotopic (exact) mass is 435 g/mol. The maximum atomic E-state index is 14.9. The molecular formula is C24H19F2N3O3. The van der Waals surface area contributed by atoms with Crippen LogP contribution in [0.4, 0.5) is 14.5 Å². The van der Waals surface area contributed by atoms with Crippen LogP contribution in [0.25, 0.3) is 10.8 Å². The van der Waals surface area contributed by atoms with Gasteiger partial charge in [-0.3, -0.25) is 14.5 Å². The lowest BCUT2D eigenvalue weighted by atomic mass is 9.85. The molecule has 0 radical (unpaired) electrons. The molecule has 1 aliphatic heterocycles. The second kappa shape index (κ2) is 7.20. The summed E-state index contributed by atoms with van der Waals surface area (Å²) in [4.78, 5) is 26.3. The zero-order valence-corrected chi connectivity index (χ0v) is 17.1. The SMILES string of the molecule is CC1(O)C(=O)N(c2cc(Cc3n[nH]c(=O)c4cc(F)ccc34)ccc2F)C2=CC=CCC21. The molecule has 1 amide bonds. The molecule has 0 spiro atoms. The van der Waals surface area contributed by atoms with Crippen molar-refractivity contribution in [1.29, 1.82) is 0 Å². The second-order valence-corrected chi connectivity index (χ2v) is 8.25. The third kappa shape index (κ3) is 3.06. The quantitative estimate of drug-likeness (QED) is 0.661. The van der Waals surface area contributed by atoms with Crippen molar-refractivity contribution in [1.82, 2.24) is 10.2 Å². The molecule has 0 bridgehead atoms. The lowest BCUT2D eigenvalue weighted by molar-refractivity contribution is -0.134. The first-order chi connectivity index (χ1) is 15.3. The Kier molecular flexibility index (Phi) is 4.56. The number of halogens is 2. The molecule has 162 valence electrons. The van der Waals surface area contributed by atoms with Crippen molar-refractivity contribution in [3.8, 4) is 0 Å². The van der Waals surface area contributed by atoms with Gasteiger partial charge in [0.2, 0.25) is 0 Å². The molecular weight excluding hydrogens is 416 g/mol. The molecule has 8 heteroatoms. The standard InChI is InChI=1S/C24H19F2N3O3/c1-24(32)17-4-2-3-5-20(17)29(23(24)31)21-11-13(6-9-18(21)26)10-19-15-8-7-14(25)12-16(15)22(30)28-27-19/h2-3,5-9,11-12,17,32H,4,10H2,1H3,(H,28,30). The normalized spacial score (nSPS) is 22.4. The molecule has 5 rings (SSSR count). The van der Waals surface area contributed by atoms with Crippen LogP contribution in [0, 0.1) is 17.6 Å². The number of hydrogen-bond acceptors (Lipinski definition) is 4. The zero-order chi connectivity index (χ0) is 22.6. The van der Waals surface area contributed by atoms with E-state index >= 15 is 0 Å².